The van der Waals surface area contributed by atoms with Crippen molar-refractivity contribution in [2.24, 2.45) is 5.10 Å². The molecule has 1 aromatic carbocycles. The van der Waals surface area contributed by atoms with Crippen LogP contribution in [0.15, 0.2) is 29.4 Å². The molecule has 144 valence electrons. The molecule has 8 heteroatoms. The Kier molecular flexibility index (Phi) is 6.18. The van der Waals surface area contributed by atoms with Gasteiger partial charge in [0.2, 0.25) is 11.8 Å². The van der Waals surface area contributed by atoms with Gasteiger partial charge in [-0.25, -0.2) is 5.43 Å². The maximum Gasteiger partial charge on any atom is 0.270 e. The van der Waals surface area contributed by atoms with Gasteiger partial charge >= 0.3 is 0 Å². The van der Waals surface area contributed by atoms with Crippen LogP contribution in [0.4, 0.5) is 0 Å². The quantitative estimate of drug-likeness (QED) is 0.786. The summed E-state index contributed by atoms with van der Waals surface area (Å²) in [5.41, 5.74) is 4.83. The first kappa shape index (κ1) is 19.0. The van der Waals surface area contributed by atoms with E-state index in [4.69, 9.17) is 4.74 Å². The summed E-state index contributed by atoms with van der Waals surface area (Å²) in [5, 5.41) is 6.77. The van der Waals surface area contributed by atoms with Crippen molar-refractivity contribution in [1.82, 2.24) is 15.6 Å². The topological polar surface area (TPSA) is 100 Å². The molecule has 1 atom stereocenters. The largest absolute Gasteiger partial charge is 0.377 e. The van der Waals surface area contributed by atoms with Gasteiger partial charge in [0.1, 0.15) is 5.71 Å². The van der Waals surface area contributed by atoms with Crippen LogP contribution in [-0.4, -0.2) is 54.1 Å². The first-order valence-electron chi connectivity index (χ1n) is 9.09. The summed E-state index contributed by atoms with van der Waals surface area (Å²) in [6.07, 6.45) is 0.724. The molecule has 0 radical (unpaired) electrons. The van der Waals surface area contributed by atoms with Crippen LogP contribution < -0.4 is 10.7 Å². The molecule has 1 aromatic rings. The third-order valence-electron chi connectivity index (χ3n) is 4.63. The van der Waals surface area contributed by atoms with Crippen molar-refractivity contribution in [3.8, 4) is 0 Å². The van der Waals surface area contributed by atoms with E-state index >= 15 is 0 Å². The van der Waals surface area contributed by atoms with Gasteiger partial charge in [0.15, 0.2) is 0 Å². The summed E-state index contributed by atoms with van der Waals surface area (Å²) in [4.78, 5) is 37.9. The fraction of sp³-hybridized carbons (Fsp3) is 0.474. The van der Waals surface area contributed by atoms with Gasteiger partial charge in [-0.1, -0.05) is 29.8 Å². The molecular formula is C19H24N4O4. The lowest BCUT2D eigenvalue weighted by Crippen LogP contribution is -2.53. The zero-order chi connectivity index (χ0) is 19.2. The van der Waals surface area contributed by atoms with Crippen molar-refractivity contribution in [2.75, 3.05) is 19.8 Å². The molecule has 27 heavy (non-hydrogen) atoms. The van der Waals surface area contributed by atoms with E-state index in [1.807, 2.05) is 31.2 Å². The number of rotatable bonds is 5. The molecule has 0 aliphatic carbocycles. The van der Waals surface area contributed by atoms with Gasteiger partial charge in [0.05, 0.1) is 19.3 Å². The zero-order valence-corrected chi connectivity index (χ0v) is 15.4. The average Bonchev–Trinajstić information content (AvgIpc) is 2.67. The normalized spacial score (nSPS) is 19.9. The molecule has 2 heterocycles. The summed E-state index contributed by atoms with van der Waals surface area (Å²) in [6, 6.07) is 7.60. The first-order chi connectivity index (χ1) is 13.0. The fourth-order valence-electron chi connectivity index (χ4n) is 3.19. The van der Waals surface area contributed by atoms with E-state index in [0.717, 1.165) is 11.1 Å². The Bertz CT molecular complexity index is 762. The number of nitrogens with zero attached hydrogens (tertiary/aromatic N) is 2. The number of hydrogen-bond donors (Lipinski definition) is 2. The summed E-state index contributed by atoms with van der Waals surface area (Å²) >= 11 is 0. The van der Waals surface area contributed by atoms with Gasteiger partial charge < -0.3 is 15.0 Å². The Morgan fingerprint density at radius 3 is 2.96 bits per heavy atom. The zero-order valence-electron chi connectivity index (χ0n) is 15.4. The minimum Gasteiger partial charge on any atom is -0.377 e. The number of carbonyl (C=O) groups is 3. The fourth-order valence-corrected chi connectivity index (χ4v) is 3.19. The van der Waals surface area contributed by atoms with Gasteiger partial charge in [-0.05, 0) is 12.5 Å². The third kappa shape index (κ3) is 5.13. The lowest BCUT2D eigenvalue weighted by atomic mass is 10.1. The highest BCUT2D eigenvalue weighted by atomic mass is 16.5. The van der Waals surface area contributed by atoms with Gasteiger partial charge in [-0.2, -0.15) is 5.10 Å². The van der Waals surface area contributed by atoms with Crippen LogP contribution in [0.2, 0.25) is 0 Å². The van der Waals surface area contributed by atoms with Crippen LogP contribution >= 0.6 is 0 Å². The van der Waals surface area contributed by atoms with Crippen molar-refractivity contribution in [3.63, 3.8) is 0 Å². The number of nitrogens with one attached hydrogen (secondary N) is 2. The molecule has 0 bridgehead atoms. The molecule has 2 aliphatic rings. The van der Waals surface area contributed by atoms with E-state index in [1.54, 1.807) is 4.90 Å². The summed E-state index contributed by atoms with van der Waals surface area (Å²) in [5.74, 6) is -0.570. The van der Waals surface area contributed by atoms with Crippen molar-refractivity contribution in [3.05, 3.63) is 35.4 Å². The number of morpholine rings is 1. The minimum atomic E-state index is -0.343. The van der Waals surface area contributed by atoms with Crippen LogP contribution in [0, 0.1) is 6.92 Å². The molecule has 2 N–H and O–H groups in total. The summed E-state index contributed by atoms with van der Waals surface area (Å²) in [6.45, 7) is 3.59. The van der Waals surface area contributed by atoms with Gasteiger partial charge in [-0.15, -0.1) is 0 Å². The minimum absolute atomic E-state index is 0.135. The van der Waals surface area contributed by atoms with E-state index < -0.39 is 0 Å². The predicted octanol–water partition coefficient (Wildman–Crippen LogP) is 0.495. The highest BCUT2D eigenvalue weighted by Crippen LogP contribution is 2.14. The molecule has 0 saturated carbocycles. The Labute approximate surface area is 157 Å². The van der Waals surface area contributed by atoms with E-state index in [0.29, 0.717) is 38.4 Å². The van der Waals surface area contributed by atoms with Crippen molar-refractivity contribution < 1.29 is 19.1 Å². The van der Waals surface area contributed by atoms with Crippen molar-refractivity contribution >= 4 is 23.4 Å². The molecule has 1 saturated heterocycles. The Morgan fingerprint density at radius 1 is 1.37 bits per heavy atom. The molecule has 1 fully saturated rings. The van der Waals surface area contributed by atoms with Gasteiger partial charge in [-0.3, -0.25) is 14.4 Å². The van der Waals surface area contributed by atoms with E-state index in [9.17, 15) is 14.4 Å². The lowest BCUT2D eigenvalue weighted by Gasteiger charge is -2.35. The molecule has 3 amide bonds. The summed E-state index contributed by atoms with van der Waals surface area (Å²) < 4.78 is 5.46. The second kappa shape index (κ2) is 8.77. The van der Waals surface area contributed by atoms with Crippen LogP contribution in [0.5, 0.6) is 0 Å². The molecule has 2 aliphatic heterocycles. The lowest BCUT2D eigenvalue weighted by molar-refractivity contribution is -0.135. The highest BCUT2D eigenvalue weighted by molar-refractivity contribution is 6.39. The molecule has 3 rings (SSSR count). The number of benzene rings is 1. The Hall–Kier alpha value is -2.74. The van der Waals surface area contributed by atoms with Crippen molar-refractivity contribution in [2.45, 2.75) is 38.8 Å². The first-order valence-corrected chi connectivity index (χ1v) is 9.09. The van der Waals surface area contributed by atoms with Gasteiger partial charge in [0.25, 0.3) is 5.91 Å². The predicted molar refractivity (Wildman–Crippen MR) is 98.8 cm³/mol. The number of amides is 3. The Balaban J connectivity index is 1.57. The SMILES string of the molecule is Cc1cccc(CNC(=O)CC2COCCN2C(=O)C2=NNC(=O)CC2)c1. The second-order valence-electron chi connectivity index (χ2n) is 6.79. The van der Waals surface area contributed by atoms with Crippen LogP contribution in [0.1, 0.15) is 30.4 Å². The number of hydrogen-bond acceptors (Lipinski definition) is 5. The smallest absolute Gasteiger partial charge is 0.270 e. The summed E-state index contributed by atoms with van der Waals surface area (Å²) in [7, 11) is 0. The number of carbonyl (C=O) groups excluding carboxylic acids is 3. The molecule has 1 unspecified atom stereocenters. The van der Waals surface area contributed by atoms with Crippen LogP contribution in [0.25, 0.3) is 0 Å². The number of aryl methyl sites for hydroxylation is 1. The maximum absolute atomic E-state index is 12.7. The Morgan fingerprint density at radius 2 is 2.22 bits per heavy atom. The number of hydrazone groups is 1. The van der Waals surface area contributed by atoms with E-state index in [-0.39, 0.29) is 36.6 Å². The molecule has 0 aromatic heterocycles. The highest BCUT2D eigenvalue weighted by Gasteiger charge is 2.32. The average molecular weight is 372 g/mol. The molecule has 8 nitrogen and oxygen atoms in total. The molecular weight excluding hydrogens is 348 g/mol. The molecule has 0 spiro atoms. The van der Waals surface area contributed by atoms with E-state index in [1.165, 1.54) is 0 Å². The van der Waals surface area contributed by atoms with Crippen molar-refractivity contribution in [1.29, 1.82) is 0 Å². The standard InChI is InChI=1S/C19H24N4O4/c1-13-3-2-4-14(9-13)11-20-18(25)10-15-12-27-8-7-23(15)19(26)16-5-6-17(24)22-21-16/h2-4,9,15H,5-8,10-12H2,1H3,(H,20,25)(H,22,24). The van der Waals surface area contributed by atoms with Crippen LogP contribution in [0.3, 0.4) is 0 Å². The van der Waals surface area contributed by atoms with E-state index in [2.05, 4.69) is 15.8 Å². The van der Waals surface area contributed by atoms with Crippen LogP contribution in [-0.2, 0) is 25.7 Å². The second-order valence-corrected chi connectivity index (χ2v) is 6.79. The number of ether oxygens (including phenoxy) is 1. The van der Waals surface area contributed by atoms with Gasteiger partial charge in [0, 0.05) is 32.4 Å². The maximum atomic E-state index is 12.7. The third-order valence-corrected chi connectivity index (χ3v) is 4.63. The monoisotopic (exact) mass is 372 g/mol.